The molecule has 2 rings (SSSR count). The monoisotopic (exact) mass is 336 g/mol. The van der Waals surface area contributed by atoms with Crippen molar-refractivity contribution in [2.75, 3.05) is 14.2 Å². The van der Waals surface area contributed by atoms with E-state index < -0.39 is 23.4 Å². The molecular formula is C16H16O8. The maximum atomic E-state index is 10.7. The molecule has 0 bridgehead atoms. The van der Waals surface area contributed by atoms with Crippen LogP contribution < -0.4 is 9.47 Å². The lowest BCUT2D eigenvalue weighted by molar-refractivity contribution is 0.0681. The highest BCUT2D eigenvalue weighted by molar-refractivity contribution is 5.92. The van der Waals surface area contributed by atoms with Crippen molar-refractivity contribution in [3.63, 3.8) is 0 Å². The zero-order chi connectivity index (χ0) is 18.3. The fourth-order valence-electron chi connectivity index (χ4n) is 1.76. The molecule has 0 unspecified atom stereocenters. The van der Waals surface area contributed by atoms with Gasteiger partial charge in [0.15, 0.2) is 23.0 Å². The Morgan fingerprint density at radius 3 is 1.83 bits per heavy atom. The van der Waals surface area contributed by atoms with Gasteiger partial charge in [-0.3, -0.25) is 0 Å². The van der Waals surface area contributed by atoms with Crippen LogP contribution in [0.3, 0.4) is 0 Å². The highest BCUT2D eigenvalue weighted by Gasteiger charge is 2.14. The van der Waals surface area contributed by atoms with Gasteiger partial charge in [0, 0.05) is 0 Å². The molecule has 8 heteroatoms. The van der Waals surface area contributed by atoms with Gasteiger partial charge in [-0.2, -0.15) is 0 Å². The Morgan fingerprint density at radius 2 is 1.38 bits per heavy atom. The van der Waals surface area contributed by atoms with E-state index in [2.05, 4.69) is 0 Å². The van der Waals surface area contributed by atoms with Gasteiger partial charge in [-0.1, -0.05) is 12.1 Å². The molecule has 0 amide bonds. The number of aromatic carboxylic acids is 2. The molecule has 2 aromatic rings. The molecule has 24 heavy (non-hydrogen) atoms. The normalized spacial score (nSPS) is 9.42. The average molecular weight is 336 g/mol. The molecule has 0 aliphatic carbocycles. The first-order valence-electron chi connectivity index (χ1n) is 6.52. The van der Waals surface area contributed by atoms with Crippen LogP contribution in [0.4, 0.5) is 0 Å². The van der Waals surface area contributed by atoms with Crippen molar-refractivity contribution in [2.45, 2.75) is 0 Å². The van der Waals surface area contributed by atoms with Gasteiger partial charge in [0.25, 0.3) is 0 Å². The molecule has 0 atom stereocenters. The summed E-state index contributed by atoms with van der Waals surface area (Å²) in [7, 11) is 2.87. The summed E-state index contributed by atoms with van der Waals surface area (Å²) in [4.78, 5) is 21.0. The zero-order valence-corrected chi connectivity index (χ0v) is 12.9. The lowest BCUT2D eigenvalue weighted by atomic mass is 10.2. The predicted octanol–water partition coefficient (Wildman–Crippen LogP) is 2.20. The molecule has 0 aliphatic rings. The van der Waals surface area contributed by atoms with Gasteiger partial charge < -0.3 is 29.9 Å². The summed E-state index contributed by atoms with van der Waals surface area (Å²) < 4.78 is 9.86. The lowest BCUT2D eigenvalue weighted by Gasteiger charge is -2.08. The second-order valence-electron chi connectivity index (χ2n) is 4.32. The Bertz CT molecular complexity index is 739. The summed E-state index contributed by atoms with van der Waals surface area (Å²) in [5, 5.41) is 35.0. The topological polar surface area (TPSA) is 134 Å². The minimum absolute atomic E-state index is 0.0989. The van der Waals surface area contributed by atoms with E-state index in [1.54, 1.807) is 12.1 Å². The number of carbonyl (C=O) groups is 2. The van der Waals surface area contributed by atoms with Crippen molar-refractivity contribution in [1.29, 1.82) is 0 Å². The van der Waals surface area contributed by atoms with Crippen molar-refractivity contribution in [3.05, 3.63) is 47.5 Å². The van der Waals surface area contributed by atoms with Gasteiger partial charge in [0.1, 0.15) is 11.1 Å². The summed E-state index contributed by atoms with van der Waals surface area (Å²) in [6.07, 6.45) is 0. The lowest BCUT2D eigenvalue weighted by Crippen LogP contribution is -2.01. The Balaban J connectivity index is 0.000000243. The first-order chi connectivity index (χ1) is 11.3. The number of hydrogen-bond acceptors (Lipinski definition) is 6. The van der Waals surface area contributed by atoms with E-state index in [1.165, 1.54) is 38.5 Å². The number of carboxylic acid groups (broad SMARTS) is 2. The first kappa shape index (κ1) is 18.6. The minimum atomic E-state index is -1.27. The Kier molecular flexibility index (Phi) is 6.42. The third kappa shape index (κ3) is 4.29. The largest absolute Gasteiger partial charge is 0.504 e. The molecule has 0 saturated heterocycles. The average Bonchev–Trinajstić information content (AvgIpc) is 2.56. The minimum Gasteiger partial charge on any atom is -0.504 e. The van der Waals surface area contributed by atoms with Crippen LogP contribution >= 0.6 is 0 Å². The number of benzene rings is 2. The smallest absolute Gasteiger partial charge is 0.339 e. The standard InChI is InChI=1S/C9H10O4.C7H6O4/c1-12-7-5-3-4-6(9(10)11)8(7)13-2;8-5-3-1-2-4(6(5)9)7(10)11/h3-5H,1-2H3,(H,10,11);1-3,8-9H,(H,10,11). The van der Waals surface area contributed by atoms with Crippen LogP contribution in [0.15, 0.2) is 36.4 Å². The van der Waals surface area contributed by atoms with Gasteiger partial charge >= 0.3 is 11.9 Å². The Morgan fingerprint density at radius 1 is 0.833 bits per heavy atom. The van der Waals surface area contributed by atoms with Crippen LogP contribution in [0.2, 0.25) is 0 Å². The number of phenols is 2. The van der Waals surface area contributed by atoms with Crippen molar-refractivity contribution in [1.82, 2.24) is 0 Å². The van der Waals surface area contributed by atoms with Gasteiger partial charge in [0.2, 0.25) is 0 Å². The van der Waals surface area contributed by atoms with E-state index in [-0.39, 0.29) is 16.9 Å². The van der Waals surface area contributed by atoms with E-state index in [0.717, 1.165) is 0 Å². The van der Waals surface area contributed by atoms with Gasteiger partial charge in [0.05, 0.1) is 14.2 Å². The second kappa shape index (κ2) is 8.28. The van der Waals surface area contributed by atoms with Crippen molar-refractivity contribution in [3.8, 4) is 23.0 Å². The Hall–Kier alpha value is -3.42. The van der Waals surface area contributed by atoms with Crippen LogP contribution in [0, 0.1) is 0 Å². The molecule has 128 valence electrons. The van der Waals surface area contributed by atoms with E-state index in [0.29, 0.717) is 5.75 Å². The molecule has 0 aliphatic heterocycles. The fourth-order valence-corrected chi connectivity index (χ4v) is 1.76. The number of hydrogen-bond donors (Lipinski definition) is 4. The van der Waals surface area contributed by atoms with E-state index in [9.17, 15) is 9.59 Å². The van der Waals surface area contributed by atoms with Crippen molar-refractivity contribution in [2.24, 2.45) is 0 Å². The molecule has 0 radical (unpaired) electrons. The maximum absolute atomic E-state index is 10.7. The number of para-hydroxylation sites is 2. The third-order valence-electron chi connectivity index (χ3n) is 2.88. The van der Waals surface area contributed by atoms with E-state index >= 15 is 0 Å². The van der Waals surface area contributed by atoms with Gasteiger partial charge in [-0.25, -0.2) is 9.59 Å². The van der Waals surface area contributed by atoms with E-state index in [1.807, 2.05) is 0 Å². The highest BCUT2D eigenvalue weighted by atomic mass is 16.5. The second-order valence-corrected chi connectivity index (χ2v) is 4.32. The summed E-state index contributed by atoms with van der Waals surface area (Å²) in [6, 6.07) is 8.47. The molecule has 4 N–H and O–H groups in total. The number of carboxylic acids is 2. The third-order valence-corrected chi connectivity index (χ3v) is 2.88. The zero-order valence-electron chi connectivity index (χ0n) is 12.9. The van der Waals surface area contributed by atoms with E-state index in [4.69, 9.17) is 29.9 Å². The van der Waals surface area contributed by atoms with Crippen LogP contribution in [-0.4, -0.2) is 46.6 Å². The molecule has 2 aromatic carbocycles. The number of rotatable bonds is 4. The summed E-state index contributed by atoms with van der Waals surface area (Å²) in [6.45, 7) is 0. The number of aromatic hydroxyl groups is 2. The first-order valence-corrected chi connectivity index (χ1v) is 6.52. The van der Waals surface area contributed by atoms with Crippen LogP contribution in [0.5, 0.6) is 23.0 Å². The van der Waals surface area contributed by atoms with Crippen molar-refractivity contribution >= 4 is 11.9 Å². The highest BCUT2D eigenvalue weighted by Crippen LogP contribution is 2.30. The molecule has 0 fully saturated rings. The number of ether oxygens (including phenoxy) is 2. The number of phenolic OH excluding ortho intramolecular Hbond substituents is 1. The predicted molar refractivity (Wildman–Crippen MR) is 83.2 cm³/mol. The Labute approximate surface area is 137 Å². The molecule has 0 saturated carbocycles. The summed E-state index contributed by atoms with van der Waals surface area (Å²) in [5.74, 6) is -2.65. The van der Waals surface area contributed by atoms with Gasteiger partial charge in [-0.15, -0.1) is 0 Å². The fraction of sp³-hybridized carbons (Fsp3) is 0.125. The van der Waals surface area contributed by atoms with Crippen LogP contribution in [0.25, 0.3) is 0 Å². The SMILES string of the molecule is COc1cccc(C(=O)O)c1OC.O=C(O)c1cccc(O)c1O. The van der Waals surface area contributed by atoms with Gasteiger partial charge in [-0.05, 0) is 24.3 Å². The van der Waals surface area contributed by atoms with Crippen LogP contribution in [0.1, 0.15) is 20.7 Å². The molecule has 8 nitrogen and oxygen atoms in total. The van der Waals surface area contributed by atoms with Crippen LogP contribution in [-0.2, 0) is 0 Å². The summed E-state index contributed by atoms with van der Waals surface area (Å²) in [5.41, 5.74) is -0.202. The molecule has 0 spiro atoms. The van der Waals surface area contributed by atoms with Crippen molar-refractivity contribution < 1.29 is 39.5 Å². The quantitative estimate of drug-likeness (QED) is 0.624. The molecule has 0 heterocycles. The number of methoxy groups -OCH3 is 2. The summed E-state index contributed by atoms with van der Waals surface area (Å²) >= 11 is 0. The molecule has 0 aromatic heterocycles. The maximum Gasteiger partial charge on any atom is 0.339 e. The molecular weight excluding hydrogens is 320 g/mol.